The highest BCUT2D eigenvalue weighted by atomic mass is 32.2. The van der Waals surface area contributed by atoms with Crippen LogP contribution in [0.1, 0.15) is 28.2 Å². The van der Waals surface area contributed by atoms with Crippen LogP contribution in [0.25, 0.3) is 21.2 Å². The summed E-state index contributed by atoms with van der Waals surface area (Å²) < 4.78 is 7.27. The Morgan fingerprint density at radius 2 is 1.97 bits per heavy atom. The van der Waals surface area contributed by atoms with Crippen molar-refractivity contribution >= 4 is 55.9 Å². The Bertz CT molecular complexity index is 1740. The van der Waals surface area contributed by atoms with E-state index in [2.05, 4.69) is 5.32 Å². The third kappa shape index (κ3) is 4.43. The molecule has 3 heterocycles. The highest BCUT2D eigenvalue weighted by Gasteiger charge is 2.24. The van der Waals surface area contributed by atoms with Gasteiger partial charge < -0.3 is 9.73 Å². The number of rotatable bonds is 7. The van der Waals surface area contributed by atoms with E-state index in [0.29, 0.717) is 34.8 Å². The van der Waals surface area contributed by atoms with Crippen LogP contribution in [0.15, 0.2) is 69.0 Å². The van der Waals surface area contributed by atoms with Gasteiger partial charge in [0.2, 0.25) is 11.7 Å². The van der Waals surface area contributed by atoms with Crippen molar-refractivity contribution in [1.29, 1.82) is 5.26 Å². The summed E-state index contributed by atoms with van der Waals surface area (Å²) in [5.74, 6) is -0.198. The maximum atomic E-state index is 13.7. The van der Waals surface area contributed by atoms with Crippen molar-refractivity contribution in [2.24, 2.45) is 0 Å². The molecular formula is C28H22N4O3S2. The second-order valence-electron chi connectivity index (χ2n) is 8.88. The molecule has 5 aromatic rings. The van der Waals surface area contributed by atoms with Crippen LogP contribution in [0.2, 0.25) is 0 Å². The Morgan fingerprint density at radius 3 is 2.81 bits per heavy atom. The molecule has 1 aliphatic carbocycles. The Balaban J connectivity index is 1.29. The minimum absolute atomic E-state index is 0.0316. The lowest BCUT2D eigenvalue weighted by Crippen LogP contribution is -2.25. The normalized spacial score (nSPS) is 12.6. The fourth-order valence-corrected chi connectivity index (χ4v) is 6.93. The third-order valence-corrected chi connectivity index (χ3v) is 8.71. The first-order valence-corrected chi connectivity index (χ1v) is 13.9. The number of furan rings is 1. The Hall–Kier alpha value is -3.87. The standard InChI is InChI=1S/C28H22N4O3S2/c29-15-21-25(18-9-4-5-11-20(18)35-21)30-23(33)16-36-28-31-26-24(19-10-6-12-22(19)37-26)27(34)32(28)14-13-17-7-2-1-3-8-17/h1-5,7-9,11H,6,10,12-14,16H2,(H,30,33). The van der Waals surface area contributed by atoms with Gasteiger partial charge in [0.05, 0.1) is 11.1 Å². The van der Waals surface area contributed by atoms with Gasteiger partial charge in [-0.05, 0) is 48.9 Å². The lowest BCUT2D eigenvalue weighted by Gasteiger charge is -2.12. The number of para-hydroxylation sites is 1. The molecule has 0 aliphatic heterocycles. The number of nitriles is 1. The van der Waals surface area contributed by atoms with Gasteiger partial charge in [-0.1, -0.05) is 54.2 Å². The molecule has 0 atom stereocenters. The van der Waals surface area contributed by atoms with Crippen molar-refractivity contribution in [3.8, 4) is 6.07 Å². The van der Waals surface area contributed by atoms with Crippen LogP contribution < -0.4 is 10.9 Å². The molecule has 1 aliphatic rings. The molecule has 0 bridgehead atoms. The van der Waals surface area contributed by atoms with Crippen molar-refractivity contribution in [1.82, 2.24) is 9.55 Å². The number of hydrogen-bond donors (Lipinski definition) is 1. The largest absolute Gasteiger partial charge is 0.443 e. The number of thioether (sulfide) groups is 1. The number of nitrogens with zero attached hydrogens (tertiary/aromatic N) is 3. The zero-order chi connectivity index (χ0) is 25.4. The van der Waals surface area contributed by atoms with Gasteiger partial charge in [0.15, 0.2) is 5.16 Å². The van der Waals surface area contributed by atoms with Crippen LogP contribution in [0.5, 0.6) is 0 Å². The van der Waals surface area contributed by atoms with E-state index in [1.54, 1.807) is 28.0 Å². The average molecular weight is 527 g/mol. The summed E-state index contributed by atoms with van der Waals surface area (Å²) in [5.41, 5.74) is 3.15. The number of carbonyl (C=O) groups is 1. The highest BCUT2D eigenvalue weighted by molar-refractivity contribution is 7.99. The summed E-state index contributed by atoms with van der Waals surface area (Å²) in [5, 5.41) is 14.2. The highest BCUT2D eigenvalue weighted by Crippen LogP contribution is 2.36. The molecule has 0 saturated carbocycles. The van der Waals surface area contributed by atoms with Gasteiger partial charge in [0.1, 0.15) is 22.2 Å². The molecule has 9 heteroatoms. The molecule has 184 valence electrons. The molecule has 2 aromatic carbocycles. The maximum absolute atomic E-state index is 13.7. The van der Waals surface area contributed by atoms with Crippen molar-refractivity contribution in [2.75, 3.05) is 11.1 Å². The maximum Gasteiger partial charge on any atom is 0.263 e. The summed E-state index contributed by atoms with van der Waals surface area (Å²) in [7, 11) is 0. The average Bonchev–Trinajstić information content (AvgIpc) is 3.60. The number of aryl methyl sites for hydroxylation is 3. The Kier molecular flexibility index (Phi) is 6.28. The molecule has 1 amide bonds. The molecular weight excluding hydrogens is 504 g/mol. The van der Waals surface area contributed by atoms with E-state index in [1.807, 2.05) is 48.5 Å². The first-order chi connectivity index (χ1) is 18.1. The van der Waals surface area contributed by atoms with Crippen molar-refractivity contribution in [2.45, 2.75) is 37.4 Å². The molecule has 0 radical (unpaired) electrons. The quantitative estimate of drug-likeness (QED) is 0.221. The van der Waals surface area contributed by atoms with Crippen molar-refractivity contribution in [3.63, 3.8) is 0 Å². The zero-order valence-electron chi connectivity index (χ0n) is 19.8. The van der Waals surface area contributed by atoms with Crippen LogP contribution in [-0.4, -0.2) is 21.2 Å². The molecule has 1 N–H and O–H groups in total. The second kappa shape index (κ2) is 9.88. The number of fused-ring (bicyclic) bond motifs is 4. The Labute approximate surface area is 220 Å². The summed E-state index contributed by atoms with van der Waals surface area (Å²) >= 11 is 2.83. The minimum atomic E-state index is -0.300. The number of hydrogen-bond acceptors (Lipinski definition) is 7. The van der Waals surface area contributed by atoms with Gasteiger partial charge in [-0.15, -0.1) is 11.3 Å². The zero-order valence-corrected chi connectivity index (χ0v) is 21.5. The third-order valence-electron chi connectivity index (χ3n) is 6.55. The number of thiophene rings is 1. The number of anilines is 1. The van der Waals surface area contributed by atoms with E-state index in [4.69, 9.17) is 9.40 Å². The van der Waals surface area contributed by atoms with Crippen LogP contribution in [-0.2, 0) is 30.6 Å². The summed E-state index contributed by atoms with van der Waals surface area (Å²) in [4.78, 5) is 33.5. The number of benzene rings is 2. The number of amides is 1. The van der Waals surface area contributed by atoms with Crippen molar-refractivity contribution in [3.05, 3.63) is 86.7 Å². The van der Waals surface area contributed by atoms with Gasteiger partial charge in [0.25, 0.3) is 5.56 Å². The number of nitrogens with one attached hydrogen (secondary N) is 1. The fraction of sp³-hybridized carbons (Fsp3) is 0.214. The van der Waals surface area contributed by atoms with Gasteiger partial charge in [-0.2, -0.15) is 5.26 Å². The molecule has 7 nitrogen and oxygen atoms in total. The van der Waals surface area contributed by atoms with E-state index < -0.39 is 0 Å². The van der Waals surface area contributed by atoms with E-state index >= 15 is 0 Å². The van der Waals surface area contributed by atoms with Gasteiger partial charge >= 0.3 is 0 Å². The molecule has 37 heavy (non-hydrogen) atoms. The van der Waals surface area contributed by atoms with E-state index in [0.717, 1.165) is 40.6 Å². The lowest BCUT2D eigenvalue weighted by molar-refractivity contribution is -0.113. The van der Waals surface area contributed by atoms with Crippen LogP contribution in [0.3, 0.4) is 0 Å². The van der Waals surface area contributed by atoms with Crippen LogP contribution >= 0.6 is 23.1 Å². The SMILES string of the molecule is N#Cc1oc2ccccc2c1NC(=O)CSc1nc2sc3c(c2c(=O)n1CCc1ccccc1)CCC3. The molecule has 0 unspecified atom stereocenters. The summed E-state index contributed by atoms with van der Waals surface area (Å²) in [6.07, 6.45) is 3.67. The molecule has 0 fully saturated rings. The van der Waals surface area contributed by atoms with Crippen molar-refractivity contribution < 1.29 is 9.21 Å². The molecule has 0 spiro atoms. The molecule has 0 saturated heterocycles. The van der Waals surface area contributed by atoms with E-state index in [1.165, 1.54) is 16.6 Å². The lowest BCUT2D eigenvalue weighted by atomic mass is 10.1. The first kappa shape index (κ1) is 23.5. The predicted octanol–water partition coefficient (Wildman–Crippen LogP) is 5.54. The topological polar surface area (TPSA) is 101 Å². The predicted molar refractivity (Wildman–Crippen MR) is 146 cm³/mol. The Morgan fingerprint density at radius 1 is 1.16 bits per heavy atom. The number of aromatic nitrogens is 2. The smallest absolute Gasteiger partial charge is 0.263 e. The van der Waals surface area contributed by atoms with Gasteiger partial charge in [-0.3, -0.25) is 14.2 Å². The molecule has 3 aromatic heterocycles. The summed E-state index contributed by atoms with van der Waals surface area (Å²) in [6.45, 7) is 0.477. The van der Waals surface area contributed by atoms with Crippen LogP contribution in [0, 0.1) is 11.3 Å². The van der Waals surface area contributed by atoms with Gasteiger partial charge in [-0.25, -0.2) is 4.98 Å². The molecule has 6 rings (SSSR count). The van der Waals surface area contributed by atoms with Gasteiger partial charge in [0, 0.05) is 16.8 Å². The fourth-order valence-electron chi connectivity index (χ4n) is 4.81. The van der Waals surface area contributed by atoms with Crippen LogP contribution in [0.4, 0.5) is 5.69 Å². The second-order valence-corrected chi connectivity index (χ2v) is 10.9. The van der Waals surface area contributed by atoms with E-state index in [9.17, 15) is 14.9 Å². The van der Waals surface area contributed by atoms with E-state index in [-0.39, 0.29) is 23.0 Å². The number of carbonyl (C=O) groups excluding carboxylic acids is 1. The minimum Gasteiger partial charge on any atom is -0.443 e. The summed E-state index contributed by atoms with van der Waals surface area (Å²) in [6, 6.07) is 19.2. The first-order valence-electron chi connectivity index (χ1n) is 12.1. The monoisotopic (exact) mass is 526 g/mol.